The molecule has 0 bridgehead atoms. The average Bonchev–Trinajstić information content (AvgIpc) is 2.83. The molecule has 0 aliphatic rings. The highest BCUT2D eigenvalue weighted by Gasteiger charge is 2.21. The van der Waals surface area contributed by atoms with E-state index >= 15 is 0 Å². The fourth-order valence-electron chi connectivity index (χ4n) is 2.30. The third-order valence-electron chi connectivity index (χ3n) is 3.99. The fourth-order valence-corrected chi connectivity index (χ4v) is 4.42. The van der Waals surface area contributed by atoms with Crippen LogP contribution in [0.1, 0.15) is 11.1 Å². The van der Waals surface area contributed by atoms with E-state index < -0.39 is 35.9 Å². The van der Waals surface area contributed by atoms with Crippen LogP contribution in [0, 0.1) is 0 Å². The van der Waals surface area contributed by atoms with Gasteiger partial charge in [0.25, 0.3) is 0 Å². The lowest BCUT2D eigenvalue weighted by atomic mass is 10.2. The topological polar surface area (TPSA) is 152 Å². The molecule has 2 aromatic carbocycles. The van der Waals surface area contributed by atoms with Crippen LogP contribution in [0.3, 0.4) is 0 Å². The molecule has 0 unspecified atom stereocenters. The quantitative estimate of drug-likeness (QED) is 0.221. The molecular formula is C22H22N2O8S2. The van der Waals surface area contributed by atoms with Gasteiger partial charge in [-0.05, 0) is 11.1 Å². The van der Waals surface area contributed by atoms with E-state index in [1.807, 2.05) is 6.07 Å². The number of amides is 2. The maximum atomic E-state index is 11.9. The van der Waals surface area contributed by atoms with Crippen molar-refractivity contribution < 1.29 is 38.9 Å². The van der Waals surface area contributed by atoms with Crippen molar-refractivity contribution >= 4 is 51.4 Å². The minimum Gasteiger partial charge on any atom is -0.480 e. The summed E-state index contributed by atoms with van der Waals surface area (Å²) in [6.07, 6.45) is -1.94. The zero-order valence-electron chi connectivity index (χ0n) is 17.8. The molecule has 12 heteroatoms. The first kappa shape index (κ1) is 26.7. The van der Waals surface area contributed by atoms with Crippen molar-refractivity contribution in [3.05, 3.63) is 71.8 Å². The normalized spacial score (nSPS) is 11.8. The molecule has 0 saturated carbocycles. The number of carboxylic acid groups (broad SMARTS) is 2. The molecule has 3 N–H and O–H groups in total. The first-order valence-corrected chi connectivity index (χ1v) is 12.3. The van der Waals surface area contributed by atoms with Crippen LogP contribution >= 0.6 is 21.6 Å². The largest absolute Gasteiger partial charge is 0.480 e. The predicted octanol–water partition coefficient (Wildman–Crippen LogP) is 3.61. The molecule has 0 heterocycles. The first-order chi connectivity index (χ1) is 16.3. The van der Waals surface area contributed by atoms with Crippen molar-refractivity contribution in [1.29, 1.82) is 0 Å². The van der Waals surface area contributed by atoms with Gasteiger partial charge in [-0.2, -0.15) is 4.99 Å². The van der Waals surface area contributed by atoms with E-state index in [1.54, 1.807) is 54.6 Å². The highest BCUT2D eigenvalue weighted by atomic mass is 33.1. The zero-order chi connectivity index (χ0) is 24.8. The SMILES string of the molecule is O=C(/N=C(\CSSC[C@H](NC(=O)OCc1ccccc1)C(=O)O)C(=O)O)OCc1ccccc1. The molecule has 0 aliphatic heterocycles. The fraction of sp³-hybridized carbons (Fsp3) is 0.227. The van der Waals surface area contributed by atoms with E-state index in [2.05, 4.69) is 10.3 Å². The van der Waals surface area contributed by atoms with Crippen molar-refractivity contribution in [3.8, 4) is 0 Å². The predicted molar refractivity (Wildman–Crippen MR) is 128 cm³/mol. The molecular weight excluding hydrogens is 484 g/mol. The van der Waals surface area contributed by atoms with Crippen LogP contribution in [-0.4, -0.2) is 57.6 Å². The summed E-state index contributed by atoms with van der Waals surface area (Å²) in [4.78, 5) is 49.9. The second kappa shape index (κ2) is 14.6. The van der Waals surface area contributed by atoms with Crippen LogP contribution in [0.15, 0.2) is 65.7 Å². The highest BCUT2D eigenvalue weighted by Crippen LogP contribution is 2.22. The number of aliphatic carboxylic acids is 2. The van der Waals surface area contributed by atoms with Gasteiger partial charge < -0.3 is 25.0 Å². The summed E-state index contributed by atoms with van der Waals surface area (Å²) < 4.78 is 9.94. The second-order valence-electron chi connectivity index (χ2n) is 6.55. The van der Waals surface area contributed by atoms with Gasteiger partial charge >= 0.3 is 24.1 Å². The smallest absolute Gasteiger partial charge is 0.434 e. The summed E-state index contributed by atoms with van der Waals surface area (Å²) in [7, 11) is 1.97. The number of carbonyl (C=O) groups excluding carboxylic acids is 2. The van der Waals surface area contributed by atoms with Crippen molar-refractivity contribution in [2.75, 3.05) is 11.5 Å². The maximum absolute atomic E-state index is 11.9. The van der Waals surface area contributed by atoms with Gasteiger partial charge in [0.2, 0.25) is 0 Å². The number of nitrogens with zero attached hydrogens (tertiary/aromatic N) is 1. The Morgan fingerprint density at radius 2 is 1.41 bits per heavy atom. The van der Waals surface area contributed by atoms with Gasteiger partial charge in [-0.3, -0.25) is 0 Å². The third kappa shape index (κ3) is 10.4. The summed E-state index contributed by atoms with van der Waals surface area (Å²) in [5.41, 5.74) is 1.03. The Morgan fingerprint density at radius 1 is 0.853 bits per heavy atom. The van der Waals surface area contributed by atoms with Crippen molar-refractivity contribution in [3.63, 3.8) is 0 Å². The van der Waals surface area contributed by atoms with Gasteiger partial charge in [-0.15, -0.1) is 0 Å². The number of carboxylic acids is 2. The molecule has 34 heavy (non-hydrogen) atoms. The molecule has 0 radical (unpaired) electrons. The highest BCUT2D eigenvalue weighted by molar-refractivity contribution is 8.76. The van der Waals surface area contributed by atoms with E-state index in [0.717, 1.165) is 32.7 Å². The Labute approximate surface area is 203 Å². The van der Waals surface area contributed by atoms with Gasteiger partial charge in [0.1, 0.15) is 25.0 Å². The number of carbonyl (C=O) groups is 4. The van der Waals surface area contributed by atoms with Crippen LogP contribution in [0.2, 0.25) is 0 Å². The van der Waals surface area contributed by atoms with Gasteiger partial charge in [-0.1, -0.05) is 82.3 Å². The lowest BCUT2D eigenvalue weighted by molar-refractivity contribution is -0.138. The number of ether oxygens (including phenoxy) is 2. The minimum atomic E-state index is -1.40. The summed E-state index contributed by atoms with van der Waals surface area (Å²) in [6, 6.07) is 16.5. The molecule has 2 rings (SSSR count). The molecule has 0 spiro atoms. The number of benzene rings is 2. The lowest BCUT2D eigenvalue weighted by Gasteiger charge is -2.14. The van der Waals surface area contributed by atoms with Crippen molar-refractivity contribution in [1.82, 2.24) is 5.32 Å². The third-order valence-corrected chi connectivity index (χ3v) is 6.28. The van der Waals surface area contributed by atoms with Gasteiger partial charge in [0.15, 0.2) is 0 Å². The standard InChI is InChI=1S/C22H22N2O8S2/c25-19(26)17(23-21(29)31-11-15-7-3-1-4-8-15)13-33-34-14-18(20(27)28)24-22(30)32-12-16-9-5-2-6-10-16/h1-10,17H,11-14H2,(H,23,29)(H,25,26)(H,27,28)/b24-18+/t17-/m0/s1. The molecule has 10 nitrogen and oxygen atoms in total. The average molecular weight is 507 g/mol. The Morgan fingerprint density at radius 3 is 1.94 bits per heavy atom. The number of aliphatic imine (C=N–C) groups is 1. The number of rotatable bonds is 12. The van der Waals surface area contributed by atoms with E-state index in [9.17, 15) is 29.4 Å². The molecule has 0 fully saturated rings. The minimum absolute atomic E-state index is 0.0142. The molecule has 1 atom stereocenters. The van der Waals surface area contributed by atoms with E-state index in [-0.39, 0.29) is 24.7 Å². The van der Waals surface area contributed by atoms with Crippen molar-refractivity contribution in [2.24, 2.45) is 4.99 Å². The Balaban J connectivity index is 1.76. The Bertz CT molecular complexity index is 1000. The number of alkyl carbamates (subject to hydrolysis) is 1. The molecule has 0 aromatic heterocycles. The van der Waals surface area contributed by atoms with Crippen LogP contribution in [-0.2, 0) is 32.3 Å². The van der Waals surface area contributed by atoms with E-state index in [0.29, 0.717) is 0 Å². The van der Waals surface area contributed by atoms with Crippen LogP contribution in [0.25, 0.3) is 0 Å². The maximum Gasteiger partial charge on any atom is 0.434 e. The van der Waals surface area contributed by atoms with Gasteiger partial charge in [0, 0.05) is 5.75 Å². The lowest BCUT2D eigenvalue weighted by Crippen LogP contribution is -2.42. The van der Waals surface area contributed by atoms with Gasteiger partial charge in [-0.25, -0.2) is 19.2 Å². The monoisotopic (exact) mass is 506 g/mol. The number of nitrogens with one attached hydrogen (secondary N) is 1. The number of hydrogen-bond donors (Lipinski definition) is 3. The zero-order valence-corrected chi connectivity index (χ0v) is 19.4. The summed E-state index contributed by atoms with van der Waals surface area (Å²) in [5.74, 6) is -2.94. The first-order valence-electron chi connectivity index (χ1n) is 9.81. The van der Waals surface area contributed by atoms with Gasteiger partial charge in [0.05, 0.1) is 5.75 Å². The molecule has 2 aromatic rings. The van der Waals surface area contributed by atoms with E-state index in [4.69, 9.17) is 9.47 Å². The Hall–Kier alpha value is -3.51. The molecule has 180 valence electrons. The van der Waals surface area contributed by atoms with Crippen molar-refractivity contribution in [2.45, 2.75) is 19.3 Å². The molecule has 0 aliphatic carbocycles. The van der Waals surface area contributed by atoms with Crippen LogP contribution < -0.4 is 5.32 Å². The summed E-state index contributed by atoms with van der Waals surface area (Å²) >= 11 is 0. The number of hydrogen-bond acceptors (Lipinski definition) is 8. The molecule has 0 saturated heterocycles. The second-order valence-corrected chi connectivity index (χ2v) is 9.06. The van der Waals surface area contributed by atoms with Crippen LogP contribution in [0.5, 0.6) is 0 Å². The van der Waals surface area contributed by atoms with Crippen LogP contribution in [0.4, 0.5) is 9.59 Å². The van der Waals surface area contributed by atoms with E-state index in [1.165, 1.54) is 0 Å². The molecule has 2 amide bonds. The summed E-state index contributed by atoms with van der Waals surface area (Å²) in [5, 5.41) is 20.8. The summed E-state index contributed by atoms with van der Waals surface area (Å²) in [6.45, 7) is -0.0655. The Kier molecular flexibility index (Phi) is 11.5.